The molecule has 2 aromatic carbocycles. The van der Waals surface area contributed by atoms with E-state index in [9.17, 15) is 4.39 Å². The molecule has 1 nitrogen and oxygen atoms in total. The van der Waals surface area contributed by atoms with E-state index < -0.39 is 5.82 Å². The van der Waals surface area contributed by atoms with Crippen LogP contribution in [-0.4, -0.2) is 5.88 Å². The van der Waals surface area contributed by atoms with Crippen LogP contribution < -0.4 is 5.32 Å². The zero-order chi connectivity index (χ0) is 13.7. The van der Waals surface area contributed by atoms with E-state index in [1.165, 1.54) is 11.6 Å². The molecule has 0 fully saturated rings. The third kappa shape index (κ3) is 3.85. The van der Waals surface area contributed by atoms with Gasteiger partial charge in [0.15, 0.2) is 0 Å². The van der Waals surface area contributed by atoms with E-state index in [-0.39, 0.29) is 5.02 Å². The van der Waals surface area contributed by atoms with Gasteiger partial charge >= 0.3 is 0 Å². The molecular weight excluding hydrogens is 284 g/mol. The van der Waals surface area contributed by atoms with Crippen molar-refractivity contribution in [2.75, 3.05) is 11.2 Å². The van der Waals surface area contributed by atoms with Crippen LogP contribution in [-0.2, 0) is 13.0 Å². The lowest BCUT2D eigenvalue weighted by Crippen LogP contribution is -2.01. The van der Waals surface area contributed by atoms with Gasteiger partial charge in [0.05, 0.1) is 5.02 Å². The Bertz CT molecular complexity index is 540. The average molecular weight is 298 g/mol. The normalized spacial score (nSPS) is 10.5. The highest BCUT2D eigenvalue weighted by Gasteiger charge is 2.05. The number of aryl methyl sites for hydroxylation is 1. The van der Waals surface area contributed by atoms with Crippen molar-refractivity contribution in [3.05, 3.63) is 64.4 Å². The molecule has 0 aliphatic rings. The third-order valence-electron chi connectivity index (χ3n) is 2.85. The number of nitrogens with one attached hydrogen (secondary N) is 1. The number of anilines is 1. The summed E-state index contributed by atoms with van der Waals surface area (Å²) in [6.07, 6.45) is 0.859. The fourth-order valence-corrected chi connectivity index (χ4v) is 2.19. The molecule has 0 aliphatic heterocycles. The van der Waals surface area contributed by atoms with Gasteiger partial charge in [-0.05, 0) is 35.7 Å². The number of hydrogen-bond donors (Lipinski definition) is 1. The second kappa shape index (κ2) is 6.78. The van der Waals surface area contributed by atoms with Gasteiger partial charge in [-0.25, -0.2) is 4.39 Å². The highest BCUT2D eigenvalue weighted by molar-refractivity contribution is 6.31. The Morgan fingerprint density at radius 1 is 1.05 bits per heavy atom. The van der Waals surface area contributed by atoms with Crippen molar-refractivity contribution in [1.82, 2.24) is 0 Å². The first kappa shape index (κ1) is 14.2. The topological polar surface area (TPSA) is 12.0 Å². The molecule has 0 amide bonds. The van der Waals surface area contributed by atoms with Crippen molar-refractivity contribution in [3.8, 4) is 0 Å². The van der Waals surface area contributed by atoms with E-state index in [4.69, 9.17) is 23.2 Å². The smallest absolute Gasteiger partial charge is 0.142 e. The van der Waals surface area contributed by atoms with Crippen LogP contribution in [0.5, 0.6) is 0 Å². The van der Waals surface area contributed by atoms with Crippen LogP contribution in [0.1, 0.15) is 11.1 Å². The Labute approximate surface area is 122 Å². The SMILES string of the molecule is Fc1cccc(CNc2ccc(CCCl)cc2)c1Cl. The maximum atomic E-state index is 13.3. The highest BCUT2D eigenvalue weighted by Crippen LogP contribution is 2.21. The molecule has 0 radical (unpaired) electrons. The zero-order valence-electron chi connectivity index (χ0n) is 10.3. The Hall–Kier alpha value is -1.25. The molecule has 1 N–H and O–H groups in total. The van der Waals surface area contributed by atoms with Gasteiger partial charge in [0.25, 0.3) is 0 Å². The summed E-state index contributed by atoms with van der Waals surface area (Å²) in [4.78, 5) is 0. The van der Waals surface area contributed by atoms with E-state index in [1.807, 2.05) is 24.3 Å². The lowest BCUT2D eigenvalue weighted by Gasteiger charge is -2.09. The van der Waals surface area contributed by atoms with Crippen molar-refractivity contribution < 1.29 is 4.39 Å². The summed E-state index contributed by atoms with van der Waals surface area (Å²) in [6, 6.07) is 12.8. The van der Waals surface area contributed by atoms with Gasteiger partial charge in [-0.3, -0.25) is 0 Å². The molecule has 2 aromatic rings. The van der Waals surface area contributed by atoms with Gasteiger partial charge in [-0.15, -0.1) is 11.6 Å². The summed E-state index contributed by atoms with van der Waals surface area (Å²) in [6.45, 7) is 0.492. The molecule has 0 atom stereocenters. The molecule has 0 saturated carbocycles. The zero-order valence-corrected chi connectivity index (χ0v) is 11.8. The first-order chi connectivity index (χ1) is 9.20. The number of rotatable bonds is 5. The number of halogens is 3. The minimum Gasteiger partial charge on any atom is -0.381 e. The summed E-state index contributed by atoms with van der Waals surface area (Å²) in [5.74, 6) is 0.226. The molecule has 2 rings (SSSR count). The summed E-state index contributed by atoms with van der Waals surface area (Å²) in [5, 5.41) is 3.39. The number of benzene rings is 2. The Kier molecular flexibility index (Phi) is 5.06. The van der Waals surface area contributed by atoms with Crippen LogP contribution in [0.2, 0.25) is 5.02 Å². The van der Waals surface area contributed by atoms with Gasteiger partial charge in [0.1, 0.15) is 5.82 Å². The van der Waals surface area contributed by atoms with Crippen LogP contribution >= 0.6 is 23.2 Å². The van der Waals surface area contributed by atoms with Crippen molar-refractivity contribution in [3.63, 3.8) is 0 Å². The van der Waals surface area contributed by atoms with Gasteiger partial charge in [-0.1, -0.05) is 35.9 Å². The Morgan fingerprint density at radius 3 is 2.47 bits per heavy atom. The molecule has 4 heteroatoms. The van der Waals surface area contributed by atoms with E-state index in [1.54, 1.807) is 12.1 Å². The van der Waals surface area contributed by atoms with E-state index >= 15 is 0 Å². The standard InChI is InChI=1S/C15H14Cl2FN/c16-9-8-11-4-6-13(7-5-11)19-10-12-2-1-3-14(18)15(12)17/h1-7,19H,8-10H2. The van der Waals surface area contributed by atoms with E-state index in [0.717, 1.165) is 17.7 Å². The summed E-state index contributed by atoms with van der Waals surface area (Å²) >= 11 is 11.6. The molecule has 0 unspecified atom stereocenters. The van der Waals surface area contributed by atoms with Gasteiger partial charge in [0, 0.05) is 18.1 Å². The molecule has 0 bridgehead atoms. The largest absolute Gasteiger partial charge is 0.381 e. The predicted molar refractivity (Wildman–Crippen MR) is 79.6 cm³/mol. The maximum Gasteiger partial charge on any atom is 0.142 e. The minimum atomic E-state index is -0.390. The molecule has 0 heterocycles. The number of alkyl halides is 1. The highest BCUT2D eigenvalue weighted by atomic mass is 35.5. The fraction of sp³-hybridized carbons (Fsp3) is 0.200. The van der Waals surface area contributed by atoms with Gasteiger partial charge in [-0.2, -0.15) is 0 Å². The predicted octanol–water partition coefficient (Wildman–Crippen LogP) is 4.87. The fourth-order valence-electron chi connectivity index (χ4n) is 1.78. The third-order valence-corrected chi connectivity index (χ3v) is 3.46. The van der Waals surface area contributed by atoms with Crippen molar-refractivity contribution >= 4 is 28.9 Å². The average Bonchev–Trinajstić information content (AvgIpc) is 2.42. The van der Waals surface area contributed by atoms with Crippen LogP contribution in [0.3, 0.4) is 0 Å². The van der Waals surface area contributed by atoms with Crippen LogP contribution in [0, 0.1) is 5.82 Å². The molecule has 100 valence electrons. The van der Waals surface area contributed by atoms with Crippen LogP contribution in [0.4, 0.5) is 10.1 Å². The molecule has 0 spiro atoms. The lowest BCUT2D eigenvalue weighted by molar-refractivity contribution is 0.626. The molecule has 0 aliphatic carbocycles. The van der Waals surface area contributed by atoms with Crippen molar-refractivity contribution in [1.29, 1.82) is 0 Å². The summed E-state index contributed by atoms with van der Waals surface area (Å²) < 4.78 is 13.3. The Morgan fingerprint density at radius 2 is 1.79 bits per heavy atom. The van der Waals surface area contributed by atoms with Crippen molar-refractivity contribution in [2.24, 2.45) is 0 Å². The Balaban J connectivity index is 2.00. The van der Waals surface area contributed by atoms with Crippen LogP contribution in [0.25, 0.3) is 0 Å². The van der Waals surface area contributed by atoms with Gasteiger partial charge < -0.3 is 5.32 Å². The first-order valence-corrected chi connectivity index (χ1v) is 6.93. The molecular formula is C15H14Cl2FN. The minimum absolute atomic E-state index is 0.175. The summed E-state index contributed by atoms with van der Waals surface area (Å²) in [5.41, 5.74) is 2.91. The van der Waals surface area contributed by atoms with E-state index in [0.29, 0.717) is 12.4 Å². The first-order valence-electron chi connectivity index (χ1n) is 6.02. The number of hydrogen-bond acceptors (Lipinski definition) is 1. The maximum absolute atomic E-state index is 13.3. The monoisotopic (exact) mass is 297 g/mol. The molecule has 0 aromatic heterocycles. The quantitative estimate of drug-likeness (QED) is 0.776. The van der Waals surface area contributed by atoms with Gasteiger partial charge in [0.2, 0.25) is 0 Å². The lowest BCUT2D eigenvalue weighted by atomic mass is 10.1. The van der Waals surface area contributed by atoms with E-state index in [2.05, 4.69) is 5.32 Å². The molecule has 0 saturated heterocycles. The summed E-state index contributed by atoms with van der Waals surface area (Å²) in [7, 11) is 0. The second-order valence-electron chi connectivity index (χ2n) is 4.20. The molecule has 19 heavy (non-hydrogen) atoms. The second-order valence-corrected chi connectivity index (χ2v) is 4.96. The van der Waals surface area contributed by atoms with Crippen molar-refractivity contribution in [2.45, 2.75) is 13.0 Å². The van der Waals surface area contributed by atoms with Crippen LogP contribution in [0.15, 0.2) is 42.5 Å².